The molecule has 0 spiro atoms. The molecule has 0 radical (unpaired) electrons. The molecule has 0 amide bonds. The fraction of sp³-hybridized carbons (Fsp3) is 0.444. The van der Waals surface area contributed by atoms with E-state index in [1.165, 1.54) is 0 Å². The van der Waals surface area contributed by atoms with Crippen molar-refractivity contribution in [2.24, 2.45) is 4.99 Å². The van der Waals surface area contributed by atoms with Gasteiger partial charge in [0.15, 0.2) is 5.17 Å². The van der Waals surface area contributed by atoms with Crippen LogP contribution in [0.5, 0.6) is 0 Å². The Labute approximate surface area is 147 Å². The largest absolute Gasteiger partial charge is 0.459 e. The van der Waals surface area contributed by atoms with E-state index in [9.17, 15) is 4.79 Å². The Balaban J connectivity index is 2.09. The van der Waals surface area contributed by atoms with Crippen molar-refractivity contribution >= 4 is 28.6 Å². The number of carbonyl (C=O) groups excluding carboxylic acids is 1. The monoisotopic (exact) mass is 345 g/mol. The lowest BCUT2D eigenvalue weighted by Crippen LogP contribution is -2.42. The summed E-state index contributed by atoms with van der Waals surface area (Å²) in [5.41, 5.74) is 9.02. The van der Waals surface area contributed by atoms with Gasteiger partial charge in [-0.1, -0.05) is 23.9 Å². The van der Waals surface area contributed by atoms with Crippen LogP contribution in [-0.2, 0) is 9.53 Å². The van der Waals surface area contributed by atoms with Gasteiger partial charge in [-0.05, 0) is 44.9 Å². The number of anilines is 1. The number of benzene rings is 1. The first kappa shape index (κ1) is 16.9. The van der Waals surface area contributed by atoms with E-state index in [0.717, 1.165) is 35.1 Å². The molecule has 0 bridgehead atoms. The van der Waals surface area contributed by atoms with Crippen molar-refractivity contribution in [2.75, 3.05) is 18.0 Å². The summed E-state index contributed by atoms with van der Waals surface area (Å²) >= 11 is 1.74. The lowest BCUT2D eigenvalue weighted by molar-refractivity contribution is -0.143. The Morgan fingerprint density at radius 3 is 2.96 bits per heavy atom. The predicted octanol–water partition coefficient (Wildman–Crippen LogP) is 3.34. The topological polar surface area (TPSA) is 67.9 Å². The number of nitrogens with zero attached hydrogens (tertiary/aromatic N) is 2. The Morgan fingerprint density at radius 1 is 1.46 bits per heavy atom. The summed E-state index contributed by atoms with van der Waals surface area (Å²) < 4.78 is 5.49. The minimum atomic E-state index is -0.298. The quantitative estimate of drug-likeness (QED) is 0.672. The number of aliphatic imine (C=N–C) groups is 1. The number of ether oxygens (including phenoxy) is 1. The number of amidine groups is 1. The van der Waals surface area contributed by atoms with Crippen LogP contribution >= 0.6 is 11.8 Å². The van der Waals surface area contributed by atoms with Gasteiger partial charge in [0.25, 0.3) is 0 Å². The number of nitrogens with two attached hydrogens (primary N) is 1. The summed E-state index contributed by atoms with van der Waals surface area (Å²) in [5, 5.41) is 0.979. The van der Waals surface area contributed by atoms with E-state index in [2.05, 4.69) is 9.89 Å². The van der Waals surface area contributed by atoms with E-state index in [4.69, 9.17) is 10.5 Å². The second kappa shape index (κ2) is 6.89. The van der Waals surface area contributed by atoms with Gasteiger partial charge in [-0.15, -0.1) is 0 Å². The third-order valence-corrected chi connectivity index (χ3v) is 5.12. The van der Waals surface area contributed by atoms with Crippen LogP contribution in [0.25, 0.3) is 0 Å². The first-order valence-corrected chi connectivity index (χ1v) is 9.21. The van der Waals surface area contributed by atoms with Crippen LogP contribution in [0.15, 0.2) is 40.5 Å². The molecule has 2 aliphatic rings. The van der Waals surface area contributed by atoms with Gasteiger partial charge < -0.3 is 15.4 Å². The average molecular weight is 345 g/mol. The Kier molecular flexibility index (Phi) is 4.85. The van der Waals surface area contributed by atoms with Gasteiger partial charge in [0, 0.05) is 18.0 Å². The van der Waals surface area contributed by atoms with Crippen LogP contribution in [-0.4, -0.2) is 34.4 Å². The zero-order chi connectivity index (χ0) is 17.3. The summed E-state index contributed by atoms with van der Waals surface area (Å²) in [6.07, 6.45) is 0.897. The molecule has 0 aliphatic carbocycles. The van der Waals surface area contributed by atoms with Crippen molar-refractivity contribution < 1.29 is 9.53 Å². The van der Waals surface area contributed by atoms with Crippen LogP contribution in [0.1, 0.15) is 38.8 Å². The lowest BCUT2D eigenvalue weighted by Gasteiger charge is -2.40. The highest BCUT2D eigenvalue weighted by atomic mass is 32.2. The highest BCUT2D eigenvalue weighted by Crippen LogP contribution is 2.40. The molecule has 1 unspecified atom stereocenters. The molecule has 0 saturated carbocycles. The maximum atomic E-state index is 12.7. The number of rotatable bonds is 3. The molecule has 1 aromatic carbocycles. The van der Waals surface area contributed by atoms with Crippen LogP contribution in [0.3, 0.4) is 0 Å². The maximum absolute atomic E-state index is 12.7. The van der Waals surface area contributed by atoms with E-state index in [-0.39, 0.29) is 18.1 Å². The molecule has 1 saturated heterocycles. The van der Waals surface area contributed by atoms with Crippen LogP contribution < -0.4 is 5.73 Å². The van der Waals surface area contributed by atoms with Gasteiger partial charge in [-0.25, -0.2) is 9.79 Å². The van der Waals surface area contributed by atoms with E-state index in [1.807, 2.05) is 45.0 Å². The third-order valence-electron chi connectivity index (χ3n) is 4.05. The lowest BCUT2D eigenvalue weighted by atomic mass is 9.94. The number of fused-ring (bicyclic) bond motifs is 1. The smallest absolute Gasteiger partial charge is 0.338 e. The molecule has 5 nitrogen and oxygen atoms in total. The van der Waals surface area contributed by atoms with E-state index in [1.54, 1.807) is 11.8 Å². The van der Waals surface area contributed by atoms with Crippen LogP contribution in [0, 0.1) is 0 Å². The summed E-state index contributed by atoms with van der Waals surface area (Å²) in [6, 6.07) is 7.53. The second-order valence-corrected chi connectivity index (χ2v) is 7.38. The van der Waals surface area contributed by atoms with Crippen molar-refractivity contribution in [1.29, 1.82) is 0 Å². The Morgan fingerprint density at radius 2 is 2.25 bits per heavy atom. The van der Waals surface area contributed by atoms with Gasteiger partial charge in [-0.2, -0.15) is 0 Å². The van der Waals surface area contributed by atoms with Gasteiger partial charge >= 0.3 is 5.97 Å². The first-order chi connectivity index (χ1) is 11.5. The number of thioether (sulfide) groups is 1. The summed E-state index contributed by atoms with van der Waals surface area (Å²) in [6.45, 7) is 6.47. The van der Waals surface area contributed by atoms with Crippen molar-refractivity contribution in [3.63, 3.8) is 0 Å². The number of hydrogen-bond acceptors (Lipinski definition) is 6. The Bertz CT molecular complexity index is 712. The molecule has 2 heterocycles. The van der Waals surface area contributed by atoms with Gasteiger partial charge in [0.2, 0.25) is 0 Å². The molecule has 1 atom stereocenters. The summed E-state index contributed by atoms with van der Waals surface area (Å²) in [5.74, 6) is 0.756. The molecule has 3 rings (SSSR count). The molecule has 1 fully saturated rings. The van der Waals surface area contributed by atoms with Crippen LogP contribution in [0.2, 0.25) is 0 Å². The highest BCUT2D eigenvalue weighted by Gasteiger charge is 2.38. The van der Waals surface area contributed by atoms with Gasteiger partial charge in [0.05, 0.1) is 23.4 Å². The SMILES string of the molecule is CC1=C(C(=O)OC(C)C)C(c2cccc(N)c2)N2CCCSC2=N1. The van der Waals surface area contributed by atoms with Crippen LogP contribution in [0.4, 0.5) is 5.69 Å². The van der Waals surface area contributed by atoms with Crippen molar-refractivity contribution in [3.8, 4) is 0 Å². The zero-order valence-electron chi connectivity index (χ0n) is 14.3. The standard InChI is InChI=1S/C18H23N3O2S/c1-11(2)23-17(22)15-12(3)20-18-21(8-5-9-24-18)16(15)13-6-4-7-14(19)10-13/h4,6-7,10-11,16H,5,8-9,19H2,1-3H3. The molecule has 1 aromatic rings. The van der Waals surface area contributed by atoms with Gasteiger partial charge in [-0.3, -0.25) is 0 Å². The molecular formula is C18H23N3O2S. The number of hydrogen-bond donors (Lipinski definition) is 1. The normalized spacial score (nSPS) is 20.8. The van der Waals surface area contributed by atoms with Gasteiger partial charge in [0.1, 0.15) is 0 Å². The second-order valence-electron chi connectivity index (χ2n) is 6.32. The fourth-order valence-corrected chi connectivity index (χ4v) is 4.10. The first-order valence-electron chi connectivity index (χ1n) is 8.22. The maximum Gasteiger partial charge on any atom is 0.338 e. The van der Waals surface area contributed by atoms with E-state index in [0.29, 0.717) is 11.3 Å². The van der Waals surface area contributed by atoms with Crippen molar-refractivity contribution in [2.45, 2.75) is 39.3 Å². The molecule has 128 valence electrons. The molecule has 6 heteroatoms. The Hall–Kier alpha value is -1.95. The minimum absolute atomic E-state index is 0.166. The average Bonchev–Trinajstić information content (AvgIpc) is 2.52. The molecule has 2 N–H and O–H groups in total. The molecular weight excluding hydrogens is 322 g/mol. The van der Waals surface area contributed by atoms with Crippen molar-refractivity contribution in [1.82, 2.24) is 4.90 Å². The van der Waals surface area contributed by atoms with E-state index < -0.39 is 0 Å². The number of nitrogen functional groups attached to an aromatic ring is 1. The van der Waals surface area contributed by atoms with E-state index >= 15 is 0 Å². The number of carbonyl (C=O) groups is 1. The van der Waals surface area contributed by atoms with Crippen molar-refractivity contribution in [3.05, 3.63) is 41.1 Å². The fourth-order valence-electron chi connectivity index (χ4n) is 3.08. The highest BCUT2D eigenvalue weighted by molar-refractivity contribution is 8.13. The molecule has 2 aliphatic heterocycles. The summed E-state index contributed by atoms with van der Waals surface area (Å²) in [4.78, 5) is 19.6. The zero-order valence-corrected chi connectivity index (χ0v) is 15.1. The number of allylic oxidation sites excluding steroid dienone is 1. The molecule has 0 aromatic heterocycles. The number of esters is 1. The molecule has 24 heavy (non-hydrogen) atoms. The summed E-state index contributed by atoms with van der Waals surface area (Å²) in [7, 11) is 0. The third kappa shape index (κ3) is 3.29. The minimum Gasteiger partial charge on any atom is -0.459 e. The predicted molar refractivity (Wildman–Crippen MR) is 98.7 cm³/mol.